The van der Waals surface area contributed by atoms with Crippen LogP contribution in [0.25, 0.3) is 6.08 Å². The fraction of sp³-hybridized carbons (Fsp3) is 0.353. The fourth-order valence-electron chi connectivity index (χ4n) is 2.76. The number of sulfonamides is 1. The number of aromatic nitrogens is 2. The lowest BCUT2D eigenvalue weighted by Crippen LogP contribution is -2.35. The van der Waals surface area contributed by atoms with E-state index in [0.29, 0.717) is 23.6 Å². The van der Waals surface area contributed by atoms with Crippen LogP contribution in [0.5, 0.6) is 0 Å². The average Bonchev–Trinajstić information content (AvgIpc) is 3.22. The minimum atomic E-state index is -3.62. The lowest BCUT2D eigenvalue weighted by atomic mass is 10.1. The lowest BCUT2D eigenvalue weighted by molar-refractivity contribution is 0.102. The Bertz CT molecular complexity index is 864. The highest BCUT2D eigenvalue weighted by Crippen LogP contribution is 2.29. The Kier molecular flexibility index (Phi) is 5.58. The number of aryl methyl sites for hydroxylation is 1. The Labute approximate surface area is 152 Å². The highest BCUT2D eigenvalue weighted by molar-refractivity contribution is 7.92. The van der Waals surface area contributed by atoms with E-state index in [4.69, 9.17) is 16.3 Å². The molecule has 1 fully saturated rings. The van der Waals surface area contributed by atoms with Crippen molar-refractivity contribution >= 4 is 27.7 Å². The van der Waals surface area contributed by atoms with Crippen LogP contribution >= 0.6 is 11.6 Å². The second-order valence-corrected chi connectivity index (χ2v) is 7.81. The number of ether oxygens (including phenoxy) is 1. The third kappa shape index (κ3) is 4.49. The molecule has 2 heterocycles. The maximum absolute atomic E-state index is 12.4. The van der Waals surface area contributed by atoms with Gasteiger partial charge in [0.1, 0.15) is 6.10 Å². The maximum Gasteiger partial charge on any atom is 0.234 e. The number of hydrogen-bond acceptors (Lipinski definition) is 4. The molecule has 0 unspecified atom stereocenters. The smallest absolute Gasteiger partial charge is 0.234 e. The summed E-state index contributed by atoms with van der Waals surface area (Å²) >= 11 is 6.05. The van der Waals surface area contributed by atoms with E-state index in [9.17, 15) is 8.42 Å². The summed E-state index contributed by atoms with van der Waals surface area (Å²) < 4.78 is 35.0. The van der Waals surface area contributed by atoms with Crippen molar-refractivity contribution in [1.29, 1.82) is 0 Å². The molecule has 0 radical (unpaired) electrons. The number of hydrogen-bond donors (Lipinski definition) is 1. The molecule has 0 aliphatic carbocycles. The monoisotopic (exact) mass is 381 g/mol. The van der Waals surface area contributed by atoms with E-state index in [1.807, 2.05) is 13.1 Å². The SMILES string of the molecule is CCn1cc([C@H]2OCC[C@@H]2NS(=O)(=O)/C=C/c2ccccc2Cl)cn1. The summed E-state index contributed by atoms with van der Waals surface area (Å²) in [5.41, 5.74) is 1.53. The molecule has 0 saturated carbocycles. The van der Waals surface area contributed by atoms with Gasteiger partial charge in [-0.25, -0.2) is 13.1 Å². The van der Waals surface area contributed by atoms with Gasteiger partial charge in [0, 0.05) is 35.3 Å². The number of nitrogens with zero attached hydrogens (tertiary/aromatic N) is 2. The average molecular weight is 382 g/mol. The zero-order valence-electron chi connectivity index (χ0n) is 13.8. The van der Waals surface area contributed by atoms with E-state index in [1.165, 1.54) is 6.08 Å². The molecule has 1 aliphatic rings. The molecule has 3 rings (SSSR count). The van der Waals surface area contributed by atoms with Crippen LogP contribution in [0, 0.1) is 0 Å². The molecular formula is C17H20ClN3O3S. The first-order chi connectivity index (χ1) is 12.0. The Morgan fingerprint density at radius 1 is 1.44 bits per heavy atom. The molecule has 0 spiro atoms. The Morgan fingerprint density at radius 2 is 2.24 bits per heavy atom. The predicted molar refractivity (Wildman–Crippen MR) is 97.5 cm³/mol. The zero-order valence-corrected chi connectivity index (χ0v) is 15.4. The largest absolute Gasteiger partial charge is 0.372 e. The predicted octanol–water partition coefficient (Wildman–Crippen LogP) is 2.98. The van der Waals surface area contributed by atoms with Gasteiger partial charge in [0.15, 0.2) is 0 Å². The van der Waals surface area contributed by atoms with Crippen molar-refractivity contribution < 1.29 is 13.2 Å². The Morgan fingerprint density at radius 3 is 2.96 bits per heavy atom. The molecular weight excluding hydrogens is 362 g/mol. The van der Waals surface area contributed by atoms with Gasteiger partial charge < -0.3 is 4.74 Å². The van der Waals surface area contributed by atoms with Crippen molar-refractivity contribution in [2.75, 3.05) is 6.61 Å². The molecule has 2 aromatic rings. The van der Waals surface area contributed by atoms with Crippen LogP contribution in [0.15, 0.2) is 42.1 Å². The third-order valence-electron chi connectivity index (χ3n) is 4.05. The summed E-state index contributed by atoms with van der Waals surface area (Å²) in [7, 11) is -3.62. The minimum absolute atomic E-state index is 0.324. The van der Waals surface area contributed by atoms with Crippen LogP contribution in [0.1, 0.15) is 30.6 Å². The second-order valence-electron chi connectivity index (χ2n) is 5.80. The minimum Gasteiger partial charge on any atom is -0.372 e. The van der Waals surface area contributed by atoms with E-state index in [-0.39, 0.29) is 12.1 Å². The first-order valence-electron chi connectivity index (χ1n) is 8.07. The van der Waals surface area contributed by atoms with Gasteiger partial charge in [-0.15, -0.1) is 0 Å². The third-order valence-corrected chi connectivity index (χ3v) is 5.51. The van der Waals surface area contributed by atoms with Crippen molar-refractivity contribution in [1.82, 2.24) is 14.5 Å². The topological polar surface area (TPSA) is 73.2 Å². The van der Waals surface area contributed by atoms with Crippen LogP contribution in [0.2, 0.25) is 5.02 Å². The van der Waals surface area contributed by atoms with E-state index in [1.54, 1.807) is 35.1 Å². The fourth-order valence-corrected chi connectivity index (χ4v) is 4.03. The standard InChI is InChI=1S/C17H20ClN3O3S/c1-2-21-12-14(11-19-21)17-16(7-9-24-17)20-25(22,23)10-8-13-5-3-4-6-15(13)18/h3-6,8,10-12,16-17,20H,2,7,9H2,1H3/b10-8+/t16-,17+/m0/s1. The normalized spacial score (nSPS) is 21.2. The van der Waals surface area contributed by atoms with Crippen LogP contribution in [0.3, 0.4) is 0 Å². The Balaban J connectivity index is 1.72. The number of halogens is 1. The van der Waals surface area contributed by atoms with Gasteiger partial charge in [0.2, 0.25) is 10.0 Å². The first-order valence-corrected chi connectivity index (χ1v) is 10.00. The molecule has 25 heavy (non-hydrogen) atoms. The highest BCUT2D eigenvalue weighted by Gasteiger charge is 2.33. The summed E-state index contributed by atoms with van der Waals surface area (Å²) in [6, 6.07) is 6.75. The quantitative estimate of drug-likeness (QED) is 0.834. The number of rotatable bonds is 6. The van der Waals surface area contributed by atoms with Crippen LogP contribution < -0.4 is 4.72 Å². The molecule has 1 aromatic heterocycles. The molecule has 2 atom stereocenters. The van der Waals surface area contributed by atoms with Crippen LogP contribution in [-0.4, -0.2) is 30.8 Å². The first kappa shape index (κ1) is 18.1. The van der Waals surface area contributed by atoms with Gasteiger partial charge in [0.05, 0.1) is 12.2 Å². The second kappa shape index (κ2) is 7.70. The molecule has 134 valence electrons. The molecule has 1 saturated heterocycles. The molecule has 0 bridgehead atoms. The number of benzene rings is 1. The van der Waals surface area contributed by atoms with Crippen LogP contribution in [-0.2, 0) is 21.3 Å². The van der Waals surface area contributed by atoms with Crippen LogP contribution in [0.4, 0.5) is 0 Å². The molecule has 1 aromatic carbocycles. The van der Waals surface area contributed by atoms with Crippen molar-refractivity contribution in [2.24, 2.45) is 0 Å². The molecule has 6 nitrogen and oxygen atoms in total. The summed E-state index contributed by atoms with van der Waals surface area (Å²) in [4.78, 5) is 0. The van der Waals surface area contributed by atoms with Gasteiger partial charge in [-0.2, -0.15) is 5.10 Å². The molecule has 1 aliphatic heterocycles. The van der Waals surface area contributed by atoms with Gasteiger partial charge in [-0.1, -0.05) is 29.8 Å². The highest BCUT2D eigenvalue weighted by atomic mass is 35.5. The van der Waals surface area contributed by atoms with Crippen molar-refractivity contribution in [3.8, 4) is 0 Å². The van der Waals surface area contributed by atoms with Crippen molar-refractivity contribution in [3.05, 3.63) is 58.2 Å². The van der Waals surface area contributed by atoms with Crippen molar-refractivity contribution in [3.63, 3.8) is 0 Å². The summed E-state index contributed by atoms with van der Waals surface area (Å²) in [6.45, 7) is 3.25. The molecule has 8 heteroatoms. The van der Waals surface area contributed by atoms with Gasteiger partial charge in [-0.05, 0) is 31.1 Å². The van der Waals surface area contributed by atoms with Gasteiger partial charge >= 0.3 is 0 Å². The van der Waals surface area contributed by atoms with Gasteiger partial charge in [-0.3, -0.25) is 4.68 Å². The molecule has 1 N–H and O–H groups in total. The Hall–Kier alpha value is -1.67. The van der Waals surface area contributed by atoms with Gasteiger partial charge in [0.25, 0.3) is 0 Å². The summed E-state index contributed by atoms with van der Waals surface area (Å²) in [5.74, 6) is 0. The van der Waals surface area contributed by atoms with E-state index in [0.717, 1.165) is 17.5 Å². The summed E-state index contributed by atoms with van der Waals surface area (Å²) in [6.07, 6.45) is 5.38. The van der Waals surface area contributed by atoms with Crippen molar-refractivity contribution in [2.45, 2.75) is 32.0 Å². The number of nitrogens with one attached hydrogen (secondary N) is 1. The zero-order chi connectivity index (χ0) is 17.9. The summed E-state index contributed by atoms with van der Waals surface area (Å²) in [5, 5.41) is 5.87. The van der Waals surface area contributed by atoms with E-state index < -0.39 is 10.0 Å². The van der Waals surface area contributed by atoms with E-state index in [2.05, 4.69) is 9.82 Å². The van der Waals surface area contributed by atoms with E-state index >= 15 is 0 Å². The maximum atomic E-state index is 12.4. The lowest BCUT2D eigenvalue weighted by Gasteiger charge is -2.17. The molecule has 0 amide bonds.